The predicted octanol–water partition coefficient (Wildman–Crippen LogP) is 26.4. The van der Waals surface area contributed by atoms with Crippen LogP contribution in [0.5, 0.6) is 0 Å². The van der Waals surface area contributed by atoms with Crippen molar-refractivity contribution >= 4 is 98.5 Å². The lowest BCUT2D eigenvalue weighted by molar-refractivity contribution is 0.592. The van der Waals surface area contributed by atoms with Crippen LogP contribution in [0.4, 0.5) is 0 Å². The summed E-state index contributed by atoms with van der Waals surface area (Å²) < 4.78 is 14.2. The third-order valence-electron chi connectivity index (χ3n) is 21.3. The number of aryl methyl sites for hydroxylation is 23. The molecule has 0 aliphatic heterocycles. The van der Waals surface area contributed by atoms with Gasteiger partial charge in [-0.3, -0.25) is 0 Å². The van der Waals surface area contributed by atoms with Gasteiger partial charge in [0.15, 0.2) is 7.14 Å². The fourth-order valence-electron chi connectivity index (χ4n) is 14.6. The Morgan fingerprint density at radius 2 is 0.374 bits per heavy atom. The van der Waals surface area contributed by atoms with Gasteiger partial charge < -0.3 is 4.57 Å². The van der Waals surface area contributed by atoms with Gasteiger partial charge in [-0.15, -0.1) is 0 Å². The van der Waals surface area contributed by atoms with Crippen molar-refractivity contribution in [3.8, 4) is 0 Å². The number of fused-ring (bicyclic) bond motifs is 4. The van der Waals surface area contributed by atoms with Crippen LogP contribution in [-0.4, -0.2) is 0 Å². The molecule has 0 amide bonds. The Morgan fingerprint density at radius 3 is 0.646 bits per heavy atom. The second kappa shape index (κ2) is 30.0. The normalized spacial score (nSPS) is 11.2. The minimum Gasteiger partial charge on any atom is -0.309 e. The van der Waals surface area contributed by atoms with Gasteiger partial charge >= 0.3 is 0 Å². The van der Waals surface area contributed by atoms with Crippen molar-refractivity contribution in [1.29, 1.82) is 0 Å². The van der Waals surface area contributed by atoms with Gasteiger partial charge in [0.1, 0.15) is 0 Å². The molecule has 502 valence electrons. The van der Waals surface area contributed by atoms with E-state index in [-0.39, 0.29) is 0 Å². The molecule has 99 heavy (non-hydrogen) atoms. The van der Waals surface area contributed by atoms with Crippen LogP contribution < -0.4 is 15.9 Å². The van der Waals surface area contributed by atoms with E-state index in [1.54, 1.807) is 0 Å². The Hall–Kier alpha value is -9.39. The Bertz CT molecular complexity index is 5040. The standard InChI is InChI=1S/C21H21OP.C20H18.C18H18.2C14H16.C10H14/c1-16-4-10-19(11-5-16)23(22,20-12-6-17(2)7-13-20)21-14-8-18(3)9-15-21;1-11-9-12(2)16-7-8-18-14(4)10-13(3)17-6-5-15(11)19(16)20(17)18;1-11-5-7-15-14(4)18-10-12(2)6-8-16(18)13(3)17(15)9-11;1-9-5-7-14-12(4)10(2)6-8-13(14)11(9)3;1-9-5-6-11(3)14-12(4)8-7-10(2)13(9)14;1-7-5-9(3)10(4)6-8(7)2/h4-15H,1-3H3;5-10H,1-4H3;5-10H,1-4H3;2*5-8H,1-4H3;5-6H,1-4H3. The Balaban J connectivity index is 0.000000131. The molecule has 0 aromatic heterocycles. The third kappa shape index (κ3) is 15.0. The minimum absolute atomic E-state index is 0.885. The molecule has 0 N–H and O–H groups in total. The Labute approximate surface area is 592 Å². The molecule has 15 aromatic rings. The molecule has 0 bridgehead atoms. The average molecular weight is 1320 g/mol. The highest BCUT2D eigenvalue weighted by molar-refractivity contribution is 7.85. The molecule has 0 aliphatic rings. The first-order valence-corrected chi connectivity index (χ1v) is 37.0. The molecule has 0 heterocycles. The summed E-state index contributed by atoms with van der Waals surface area (Å²) in [7, 11) is -2.84. The van der Waals surface area contributed by atoms with Crippen LogP contribution in [0.2, 0.25) is 0 Å². The van der Waals surface area contributed by atoms with Crippen LogP contribution in [0.25, 0.3) is 75.4 Å². The topological polar surface area (TPSA) is 17.1 Å². The fraction of sp³-hybridized carbons (Fsp3) is 0.237. The smallest absolute Gasteiger partial charge is 0.171 e. The lowest BCUT2D eigenvalue weighted by Gasteiger charge is -2.20. The molecule has 0 fully saturated rings. The Morgan fingerprint density at radius 1 is 0.162 bits per heavy atom. The zero-order valence-corrected chi connectivity index (χ0v) is 64.4. The SMILES string of the molecule is Cc1cc(C)c(C)cc1C.Cc1cc(C)c2ccc3c(C)cc(C)c4ccc1c2c43.Cc1ccc(C)c2c(C)ccc(C)c12.Cc1ccc(P(=O)(c2ccc(C)cc2)c2ccc(C)cc2)cc1.Cc1ccc2c(C)c(C)ccc2c1C.Cc1ccc2c(C)c3cc(C)ccc3c(C)c2c1. The van der Waals surface area contributed by atoms with Crippen molar-refractivity contribution in [3.05, 3.63) is 334 Å². The van der Waals surface area contributed by atoms with E-state index >= 15 is 0 Å². The molecular formula is C97H103OP. The summed E-state index contributed by atoms with van der Waals surface area (Å²) in [5, 5.41) is 22.4. The number of hydrogen-bond acceptors (Lipinski definition) is 1. The zero-order valence-electron chi connectivity index (χ0n) is 63.5. The fourth-order valence-corrected chi connectivity index (χ4v) is 17.2. The first-order chi connectivity index (χ1) is 47.0. The first-order valence-electron chi connectivity index (χ1n) is 35.3. The quantitative estimate of drug-likeness (QED) is 0.0979. The predicted molar refractivity (Wildman–Crippen MR) is 441 cm³/mol. The van der Waals surface area contributed by atoms with Gasteiger partial charge in [-0.25, -0.2) is 0 Å². The molecule has 0 saturated carbocycles. The molecule has 0 atom stereocenters. The lowest BCUT2D eigenvalue weighted by atomic mass is 9.87. The summed E-state index contributed by atoms with van der Waals surface area (Å²) in [4.78, 5) is 0. The van der Waals surface area contributed by atoms with Gasteiger partial charge in [-0.2, -0.15) is 0 Å². The van der Waals surface area contributed by atoms with Gasteiger partial charge in [0.25, 0.3) is 0 Å². The van der Waals surface area contributed by atoms with E-state index in [1.807, 2.05) is 93.6 Å². The van der Waals surface area contributed by atoms with Crippen molar-refractivity contribution in [2.75, 3.05) is 0 Å². The molecule has 0 radical (unpaired) electrons. The van der Waals surface area contributed by atoms with Gasteiger partial charge in [0, 0.05) is 15.9 Å². The van der Waals surface area contributed by atoms with Crippen LogP contribution in [0.3, 0.4) is 0 Å². The lowest BCUT2D eigenvalue weighted by Crippen LogP contribution is -2.25. The minimum atomic E-state index is -2.84. The van der Waals surface area contributed by atoms with E-state index in [4.69, 9.17) is 0 Å². The van der Waals surface area contributed by atoms with Gasteiger partial charge in [0.05, 0.1) is 0 Å². The summed E-state index contributed by atoms with van der Waals surface area (Å²) in [6.45, 7) is 49.9. The van der Waals surface area contributed by atoms with Crippen molar-refractivity contribution in [2.24, 2.45) is 0 Å². The molecule has 0 spiro atoms. The summed E-state index contributed by atoms with van der Waals surface area (Å²) in [5.74, 6) is 0. The molecular weight excluding hydrogens is 1210 g/mol. The van der Waals surface area contributed by atoms with Crippen molar-refractivity contribution in [2.45, 2.75) is 159 Å². The largest absolute Gasteiger partial charge is 0.309 e. The van der Waals surface area contributed by atoms with Gasteiger partial charge in [-0.1, -0.05) is 234 Å². The second-order valence-corrected chi connectivity index (χ2v) is 31.6. The third-order valence-corrected chi connectivity index (χ3v) is 24.3. The molecule has 15 aromatic carbocycles. The molecule has 1 nitrogen and oxygen atoms in total. The van der Waals surface area contributed by atoms with Crippen LogP contribution in [0.15, 0.2) is 206 Å². The first kappa shape index (κ1) is 72.4. The zero-order chi connectivity index (χ0) is 71.6. The highest BCUT2D eigenvalue weighted by Crippen LogP contribution is 2.43. The summed E-state index contributed by atoms with van der Waals surface area (Å²) in [5.41, 5.74) is 31.2. The van der Waals surface area contributed by atoms with E-state index in [2.05, 4.69) is 272 Å². The van der Waals surface area contributed by atoms with E-state index in [9.17, 15) is 4.57 Å². The van der Waals surface area contributed by atoms with E-state index < -0.39 is 7.14 Å². The summed E-state index contributed by atoms with van der Waals surface area (Å²) in [6.07, 6.45) is 0. The van der Waals surface area contributed by atoms with E-state index in [1.165, 1.54) is 203 Å². The average Bonchev–Trinajstić information content (AvgIpc) is 0.746. The van der Waals surface area contributed by atoms with Crippen LogP contribution >= 0.6 is 7.14 Å². The molecule has 0 saturated heterocycles. The molecule has 2 heteroatoms. The van der Waals surface area contributed by atoms with Gasteiger partial charge in [0.2, 0.25) is 0 Å². The molecule has 0 unspecified atom stereocenters. The highest BCUT2D eigenvalue weighted by atomic mass is 31.2. The van der Waals surface area contributed by atoms with Gasteiger partial charge in [-0.05, 0) is 335 Å². The summed E-state index contributed by atoms with van der Waals surface area (Å²) in [6, 6.07) is 73.7. The van der Waals surface area contributed by atoms with Crippen LogP contribution in [0.1, 0.15) is 128 Å². The van der Waals surface area contributed by atoms with E-state index in [0.29, 0.717) is 0 Å². The highest BCUT2D eigenvalue weighted by Gasteiger charge is 2.29. The molecule has 15 rings (SSSR count). The van der Waals surface area contributed by atoms with Crippen molar-refractivity contribution in [3.63, 3.8) is 0 Å². The maximum absolute atomic E-state index is 14.2. The second-order valence-electron chi connectivity index (χ2n) is 28.8. The maximum atomic E-state index is 14.2. The number of benzene rings is 15. The van der Waals surface area contributed by atoms with Crippen molar-refractivity contribution < 1.29 is 4.57 Å². The van der Waals surface area contributed by atoms with E-state index in [0.717, 1.165) is 15.9 Å². The van der Waals surface area contributed by atoms with Crippen LogP contribution in [-0.2, 0) is 4.57 Å². The Kier molecular flexibility index (Phi) is 21.9. The van der Waals surface area contributed by atoms with Crippen molar-refractivity contribution in [1.82, 2.24) is 0 Å². The monoisotopic (exact) mass is 1310 g/mol. The number of rotatable bonds is 3. The molecule has 0 aliphatic carbocycles. The summed E-state index contributed by atoms with van der Waals surface area (Å²) >= 11 is 0. The number of hydrogen-bond donors (Lipinski definition) is 0. The van der Waals surface area contributed by atoms with Crippen LogP contribution in [0, 0.1) is 159 Å². The maximum Gasteiger partial charge on any atom is 0.171 e.